The third-order valence-electron chi connectivity index (χ3n) is 6.10. The van der Waals surface area contributed by atoms with E-state index in [1.807, 2.05) is 12.3 Å². The van der Waals surface area contributed by atoms with Gasteiger partial charge in [0.25, 0.3) is 0 Å². The number of nitrogens with two attached hydrogens (primary N) is 2. The molecule has 3 aromatic rings. The van der Waals surface area contributed by atoms with Gasteiger partial charge in [0.05, 0.1) is 23.5 Å². The molecule has 3 aromatic heterocycles. The number of alkyl halides is 3. The first-order valence-electron chi connectivity index (χ1n) is 10.6. The molecule has 1 saturated heterocycles. The number of nitrogens with zero attached hydrogens (tertiary/aromatic N) is 7. The van der Waals surface area contributed by atoms with Gasteiger partial charge in [-0.25, -0.2) is 19.7 Å². The van der Waals surface area contributed by atoms with Gasteiger partial charge in [0, 0.05) is 36.1 Å². The van der Waals surface area contributed by atoms with Crippen molar-refractivity contribution >= 4 is 41.0 Å². The highest BCUT2D eigenvalue weighted by Gasteiger charge is 2.47. The summed E-state index contributed by atoms with van der Waals surface area (Å²) in [7, 11) is 0. The van der Waals surface area contributed by atoms with Gasteiger partial charge >= 0.3 is 12.1 Å². The van der Waals surface area contributed by atoms with E-state index in [0.717, 1.165) is 54.0 Å². The van der Waals surface area contributed by atoms with Crippen LogP contribution in [0.25, 0.3) is 0 Å². The molecule has 5 heterocycles. The molecule has 16 heteroatoms. The molecule has 0 unspecified atom stereocenters. The van der Waals surface area contributed by atoms with Crippen LogP contribution in [-0.2, 0) is 11.3 Å². The maximum atomic E-state index is 10.6. The van der Waals surface area contributed by atoms with E-state index in [-0.39, 0.29) is 11.5 Å². The molecule has 1 fully saturated rings. The van der Waals surface area contributed by atoms with Crippen molar-refractivity contribution in [3.63, 3.8) is 0 Å². The maximum Gasteiger partial charge on any atom is 0.490 e. The van der Waals surface area contributed by atoms with Crippen LogP contribution >= 0.6 is 23.4 Å². The van der Waals surface area contributed by atoms with E-state index >= 15 is 0 Å². The number of nitrogen functional groups attached to an aromatic ring is 1. The Kier molecular flexibility index (Phi) is 7.24. The zero-order valence-electron chi connectivity index (χ0n) is 18.6. The number of hydrogen-bond donors (Lipinski definition) is 3. The van der Waals surface area contributed by atoms with Crippen molar-refractivity contribution in [2.24, 2.45) is 11.1 Å². The molecule has 1 spiro atoms. The van der Waals surface area contributed by atoms with Crippen molar-refractivity contribution in [3.05, 3.63) is 41.8 Å². The molecular formula is C20H21ClF3N9O2S. The predicted molar refractivity (Wildman–Crippen MR) is 124 cm³/mol. The number of carboxylic acids is 1. The van der Waals surface area contributed by atoms with E-state index < -0.39 is 12.1 Å². The van der Waals surface area contributed by atoms with Crippen LogP contribution in [0.5, 0.6) is 0 Å². The van der Waals surface area contributed by atoms with E-state index in [4.69, 9.17) is 33.0 Å². The molecule has 1 atom stereocenters. The van der Waals surface area contributed by atoms with Crippen LogP contribution in [0, 0.1) is 5.41 Å². The van der Waals surface area contributed by atoms with Crippen LogP contribution in [0.3, 0.4) is 0 Å². The molecule has 5 rings (SSSR count). The lowest BCUT2D eigenvalue weighted by Crippen LogP contribution is -2.45. The lowest BCUT2D eigenvalue weighted by atomic mass is 9.74. The number of carboxylic acid groups (broad SMARTS) is 1. The van der Waals surface area contributed by atoms with E-state index in [2.05, 4.69) is 34.6 Å². The summed E-state index contributed by atoms with van der Waals surface area (Å²) in [5.41, 5.74) is 12.3. The summed E-state index contributed by atoms with van der Waals surface area (Å²) in [6, 6.07) is 1.75. The van der Waals surface area contributed by atoms with Gasteiger partial charge < -0.3 is 26.0 Å². The van der Waals surface area contributed by atoms with E-state index in [1.165, 1.54) is 11.8 Å². The van der Waals surface area contributed by atoms with Crippen molar-refractivity contribution in [3.8, 4) is 0 Å². The number of aromatic nitrogens is 6. The molecule has 0 bridgehead atoms. The molecule has 2 aliphatic heterocycles. The number of aliphatic carboxylic acids is 1. The Bertz CT molecular complexity index is 1230. The summed E-state index contributed by atoms with van der Waals surface area (Å²) >= 11 is 7.62. The Morgan fingerprint density at radius 1 is 1.22 bits per heavy atom. The number of piperidine rings is 1. The van der Waals surface area contributed by atoms with E-state index in [9.17, 15) is 13.2 Å². The first-order valence-corrected chi connectivity index (χ1v) is 11.8. The predicted octanol–water partition coefficient (Wildman–Crippen LogP) is 2.78. The lowest BCUT2D eigenvalue weighted by molar-refractivity contribution is -0.192. The normalized spacial score (nSPS) is 18.5. The van der Waals surface area contributed by atoms with Crippen molar-refractivity contribution < 1.29 is 23.1 Å². The number of fused-ring (bicyclic) bond motifs is 1. The van der Waals surface area contributed by atoms with Crippen LogP contribution < -0.4 is 16.4 Å². The van der Waals surface area contributed by atoms with Crippen LogP contribution in [0.15, 0.2) is 40.9 Å². The fourth-order valence-corrected chi connectivity index (χ4v) is 5.13. The molecule has 0 saturated carbocycles. The minimum Gasteiger partial charge on any atom is -0.475 e. The average molecular weight is 544 g/mol. The van der Waals surface area contributed by atoms with Gasteiger partial charge in [-0.15, -0.1) is 10.2 Å². The van der Waals surface area contributed by atoms with Crippen molar-refractivity contribution in [2.75, 3.05) is 23.7 Å². The summed E-state index contributed by atoms with van der Waals surface area (Å²) in [5.74, 6) is -0.677. The van der Waals surface area contributed by atoms with Gasteiger partial charge in [-0.2, -0.15) is 13.2 Å². The molecule has 0 aliphatic carbocycles. The number of pyridine rings is 1. The summed E-state index contributed by atoms with van der Waals surface area (Å²) in [6.07, 6.45) is 3.87. The Morgan fingerprint density at radius 2 is 1.92 bits per heavy atom. The molecule has 0 aromatic carbocycles. The monoisotopic (exact) mass is 543 g/mol. The van der Waals surface area contributed by atoms with Crippen LogP contribution in [0.4, 0.5) is 24.8 Å². The SMILES string of the molecule is Nc1nccc(Sc2cnc(N3CCC4(CC3)Cn3cnnc3[C@H]4N)cn2)c1Cl.O=C(O)C(F)(F)F. The Balaban J connectivity index is 0.000000384. The zero-order chi connectivity index (χ0) is 26.1. The van der Waals surface area contributed by atoms with Gasteiger partial charge in [0.15, 0.2) is 0 Å². The van der Waals surface area contributed by atoms with Crippen LogP contribution in [0.2, 0.25) is 5.02 Å². The highest BCUT2D eigenvalue weighted by molar-refractivity contribution is 7.99. The van der Waals surface area contributed by atoms with E-state index in [1.54, 1.807) is 18.7 Å². The van der Waals surface area contributed by atoms with Gasteiger partial charge in [-0.3, -0.25) is 0 Å². The van der Waals surface area contributed by atoms with Crippen molar-refractivity contribution in [1.29, 1.82) is 0 Å². The second-order valence-electron chi connectivity index (χ2n) is 8.27. The molecule has 5 N–H and O–H groups in total. The molecular weight excluding hydrogens is 523 g/mol. The minimum absolute atomic E-state index is 0.0586. The number of anilines is 2. The molecule has 36 heavy (non-hydrogen) atoms. The van der Waals surface area contributed by atoms with E-state index in [0.29, 0.717) is 10.8 Å². The lowest BCUT2D eigenvalue weighted by Gasteiger charge is -2.41. The first-order chi connectivity index (χ1) is 17.0. The zero-order valence-corrected chi connectivity index (χ0v) is 20.1. The Morgan fingerprint density at radius 3 is 2.50 bits per heavy atom. The third kappa shape index (κ3) is 5.32. The summed E-state index contributed by atoms with van der Waals surface area (Å²) < 4.78 is 33.8. The second-order valence-corrected chi connectivity index (χ2v) is 9.71. The van der Waals surface area contributed by atoms with Gasteiger partial charge in [-0.1, -0.05) is 23.4 Å². The highest BCUT2D eigenvalue weighted by atomic mass is 35.5. The molecule has 0 amide bonds. The highest BCUT2D eigenvalue weighted by Crippen LogP contribution is 2.47. The fourth-order valence-electron chi connectivity index (χ4n) is 4.15. The maximum absolute atomic E-state index is 10.6. The topological polar surface area (TPSA) is 162 Å². The summed E-state index contributed by atoms with van der Waals surface area (Å²) in [6.45, 7) is 2.67. The first kappa shape index (κ1) is 25.9. The second kappa shape index (κ2) is 10.1. The molecule has 192 valence electrons. The van der Waals surface area contributed by atoms with Crippen molar-refractivity contribution in [2.45, 2.75) is 41.5 Å². The Hall–Kier alpha value is -3.17. The number of hydrogen-bond acceptors (Lipinski definition) is 10. The number of halogens is 4. The Labute approximate surface area is 212 Å². The molecule has 11 nitrogen and oxygen atoms in total. The quantitative estimate of drug-likeness (QED) is 0.445. The number of rotatable bonds is 3. The molecule has 0 radical (unpaired) electrons. The standard InChI is InChI=1S/C18H20ClN9S.C2HF3O2/c19-14-11(1-4-22-16(14)21)29-13-8-23-12(7-24-13)27-5-2-18(3-6-27)9-28-10-25-26-17(28)15(18)20;3-2(4,5)1(6)7/h1,4,7-8,10,15H,2-3,5-6,9,20H2,(H2,21,22);(H,6,7)/t15-;/m1./s1. The third-order valence-corrected chi connectivity index (χ3v) is 7.59. The average Bonchev–Trinajstić information content (AvgIpc) is 3.39. The largest absolute Gasteiger partial charge is 0.490 e. The fraction of sp³-hybridized carbons (Fsp3) is 0.400. The van der Waals surface area contributed by atoms with Gasteiger partial charge in [0.2, 0.25) is 0 Å². The number of carbonyl (C=O) groups is 1. The smallest absolute Gasteiger partial charge is 0.475 e. The minimum atomic E-state index is -5.08. The van der Waals surface area contributed by atoms with Crippen LogP contribution in [-0.4, -0.2) is 60.1 Å². The molecule has 2 aliphatic rings. The van der Waals surface area contributed by atoms with Gasteiger partial charge in [-0.05, 0) is 18.9 Å². The summed E-state index contributed by atoms with van der Waals surface area (Å²) in [4.78, 5) is 25.1. The van der Waals surface area contributed by atoms with Crippen LogP contribution in [0.1, 0.15) is 24.7 Å². The van der Waals surface area contributed by atoms with Crippen molar-refractivity contribution in [1.82, 2.24) is 29.7 Å². The van der Waals surface area contributed by atoms with Gasteiger partial charge in [0.1, 0.15) is 28.8 Å². The summed E-state index contributed by atoms with van der Waals surface area (Å²) in [5, 5.41) is 16.5.